The summed E-state index contributed by atoms with van der Waals surface area (Å²) in [5, 5.41) is 16.9. The van der Waals surface area contributed by atoms with Crippen LogP contribution in [0.25, 0.3) is 44.7 Å². The maximum absolute atomic E-state index is 14.4. The van der Waals surface area contributed by atoms with Crippen LogP contribution in [-0.2, 0) is 27.8 Å². The molecule has 6 rings (SSSR count). The predicted molar refractivity (Wildman–Crippen MR) is 204 cm³/mol. The quantitative estimate of drug-likeness (QED) is 0.0988. The fourth-order valence-electron chi connectivity index (χ4n) is 5.97. The topological polar surface area (TPSA) is 146 Å². The number of ether oxygens (including phenoxy) is 1. The Kier molecular flexibility index (Phi) is 10.2. The van der Waals surface area contributed by atoms with Gasteiger partial charge >= 0.3 is 6.09 Å². The van der Waals surface area contributed by atoms with Gasteiger partial charge in [-0.15, -0.1) is 0 Å². The highest BCUT2D eigenvalue weighted by atomic mass is 32.2. The monoisotopic (exact) mass is 735 g/mol. The Balaban J connectivity index is 1.52. The number of hydrogen-bond donors (Lipinski definition) is 0. The van der Waals surface area contributed by atoms with Gasteiger partial charge in [0, 0.05) is 61.2 Å². The summed E-state index contributed by atoms with van der Waals surface area (Å²) in [6.07, 6.45) is 2.92. The van der Waals surface area contributed by atoms with Crippen molar-refractivity contribution in [3.8, 4) is 33.6 Å². The van der Waals surface area contributed by atoms with Crippen molar-refractivity contribution >= 4 is 32.8 Å². The molecule has 14 heteroatoms. The standard InChI is InChI=1S/C39H41N7O6S/c1-39(2,3)52-38(47)43(6)22-23-44-26-34(36(41-44)29-16-18-30(19-17-29)46(48)49)32-20-21-40-37-33(32)24-35(28-14-12-27(13-15-28)25-42(4)5)45(37)53(50,51)31-10-8-7-9-11-31/h7-21,24,26H,22-23,25H2,1-6H3. The summed E-state index contributed by atoms with van der Waals surface area (Å²) in [7, 11) is 1.49. The molecule has 0 saturated carbocycles. The Bertz CT molecular complexity index is 2380. The van der Waals surface area contributed by atoms with Crippen molar-refractivity contribution in [2.24, 2.45) is 0 Å². The molecular formula is C39H41N7O6S. The average molecular weight is 736 g/mol. The minimum atomic E-state index is -4.13. The minimum absolute atomic E-state index is 0.0653. The molecule has 53 heavy (non-hydrogen) atoms. The van der Waals surface area contributed by atoms with E-state index in [4.69, 9.17) is 9.84 Å². The zero-order valence-corrected chi connectivity index (χ0v) is 31.2. The zero-order chi connectivity index (χ0) is 38.1. The molecule has 0 atom stereocenters. The number of hydrogen-bond acceptors (Lipinski definition) is 9. The molecular weight excluding hydrogens is 695 g/mol. The number of amides is 1. The van der Waals surface area contributed by atoms with Gasteiger partial charge in [-0.25, -0.2) is 22.2 Å². The highest BCUT2D eigenvalue weighted by Gasteiger charge is 2.28. The number of nitro benzene ring substituents is 1. The third-order valence-electron chi connectivity index (χ3n) is 8.46. The molecule has 0 fully saturated rings. The number of aromatic nitrogens is 4. The second-order valence-electron chi connectivity index (χ2n) is 14.0. The molecule has 3 heterocycles. The van der Waals surface area contributed by atoms with Crippen molar-refractivity contribution < 1.29 is 22.9 Å². The first-order chi connectivity index (χ1) is 25.1. The SMILES string of the molecule is CN(C)Cc1ccc(-c2cc3c(-c4cn(CCN(C)C(=O)OC(C)(C)C)nc4-c4ccc([N+](=O)[O-])cc4)ccnc3n2S(=O)(=O)c2ccccc2)cc1. The van der Waals surface area contributed by atoms with E-state index in [2.05, 4.69) is 9.88 Å². The van der Waals surface area contributed by atoms with Gasteiger partial charge in [0.1, 0.15) is 11.3 Å². The van der Waals surface area contributed by atoms with E-state index in [9.17, 15) is 23.3 Å². The first-order valence-corrected chi connectivity index (χ1v) is 18.4. The molecule has 0 N–H and O–H groups in total. The van der Waals surface area contributed by atoms with Gasteiger partial charge in [-0.3, -0.25) is 14.8 Å². The largest absolute Gasteiger partial charge is 0.444 e. The Hall–Kier alpha value is -5.86. The van der Waals surface area contributed by atoms with Crippen LogP contribution in [0, 0.1) is 10.1 Å². The average Bonchev–Trinajstić information content (AvgIpc) is 3.73. The molecule has 0 unspecified atom stereocenters. The maximum Gasteiger partial charge on any atom is 0.410 e. The molecule has 3 aromatic heterocycles. The lowest BCUT2D eigenvalue weighted by Crippen LogP contribution is -2.36. The molecule has 274 valence electrons. The van der Waals surface area contributed by atoms with E-state index in [1.165, 1.54) is 21.0 Å². The van der Waals surface area contributed by atoms with Crippen LogP contribution in [0.3, 0.4) is 0 Å². The number of pyridine rings is 1. The predicted octanol–water partition coefficient (Wildman–Crippen LogP) is 7.31. The van der Waals surface area contributed by atoms with Crippen LogP contribution in [0.2, 0.25) is 0 Å². The van der Waals surface area contributed by atoms with Crippen LogP contribution >= 0.6 is 0 Å². The van der Waals surface area contributed by atoms with Crippen LogP contribution in [0.1, 0.15) is 26.3 Å². The Morgan fingerprint density at radius 2 is 1.57 bits per heavy atom. The first-order valence-electron chi connectivity index (χ1n) is 16.9. The van der Waals surface area contributed by atoms with E-state index in [0.717, 1.165) is 12.1 Å². The smallest absolute Gasteiger partial charge is 0.410 e. The van der Waals surface area contributed by atoms with Crippen LogP contribution in [0.15, 0.2) is 108 Å². The molecule has 3 aromatic carbocycles. The lowest BCUT2D eigenvalue weighted by atomic mass is 10.00. The number of nitro groups is 1. The van der Waals surface area contributed by atoms with E-state index >= 15 is 0 Å². The number of rotatable bonds is 11. The number of carbonyl (C=O) groups is 1. The van der Waals surface area contributed by atoms with Crippen LogP contribution in [0.4, 0.5) is 10.5 Å². The van der Waals surface area contributed by atoms with E-state index in [-0.39, 0.29) is 22.8 Å². The fraction of sp³-hybridized carbons (Fsp3) is 0.256. The lowest BCUT2D eigenvalue weighted by Gasteiger charge is -2.24. The number of non-ortho nitro benzene ring substituents is 1. The summed E-state index contributed by atoms with van der Waals surface area (Å²) in [4.78, 5) is 31.9. The molecule has 6 aromatic rings. The van der Waals surface area contributed by atoms with Gasteiger partial charge in [0.25, 0.3) is 15.7 Å². The highest BCUT2D eigenvalue weighted by Crippen LogP contribution is 2.40. The van der Waals surface area contributed by atoms with Gasteiger partial charge in [0.2, 0.25) is 0 Å². The van der Waals surface area contributed by atoms with Gasteiger partial charge in [-0.1, -0.05) is 42.5 Å². The summed E-state index contributed by atoms with van der Waals surface area (Å²) in [5.74, 6) is 0. The van der Waals surface area contributed by atoms with E-state index in [1.54, 1.807) is 87.2 Å². The Labute approximate surface area is 308 Å². The summed E-state index contributed by atoms with van der Waals surface area (Å²) >= 11 is 0. The molecule has 0 spiro atoms. The summed E-state index contributed by atoms with van der Waals surface area (Å²) in [6, 6.07) is 25.7. The zero-order valence-electron chi connectivity index (χ0n) is 30.4. The maximum atomic E-state index is 14.4. The molecule has 13 nitrogen and oxygen atoms in total. The van der Waals surface area contributed by atoms with Crippen molar-refractivity contribution in [3.63, 3.8) is 0 Å². The second-order valence-corrected chi connectivity index (χ2v) is 15.8. The summed E-state index contributed by atoms with van der Waals surface area (Å²) < 4.78 is 37.4. The van der Waals surface area contributed by atoms with E-state index in [0.29, 0.717) is 45.6 Å². The van der Waals surface area contributed by atoms with E-state index in [1.807, 2.05) is 50.6 Å². The van der Waals surface area contributed by atoms with Crippen molar-refractivity contribution in [3.05, 3.63) is 119 Å². The highest BCUT2D eigenvalue weighted by molar-refractivity contribution is 7.90. The molecule has 0 saturated heterocycles. The third-order valence-corrected chi connectivity index (χ3v) is 10.2. The van der Waals surface area contributed by atoms with Gasteiger partial charge in [-0.05, 0) is 88.0 Å². The van der Waals surface area contributed by atoms with Crippen molar-refractivity contribution in [1.29, 1.82) is 0 Å². The second kappa shape index (κ2) is 14.6. The van der Waals surface area contributed by atoms with E-state index < -0.39 is 26.6 Å². The van der Waals surface area contributed by atoms with Gasteiger partial charge < -0.3 is 14.5 Å². The molecule has 0 aliphatic carbocycles. The van der Waals surface area contributed by atoms with Crippen LogP contribution in [0.5, 0.6) is 0 Å². The molecule has 0 aliphatic rings. The number of likely N-dealkylation sites (N-methyl/N-ethyl adjacent to an activating group) is 1. The number of carbonyl (C=O) groups excluding carboxylic acids is 1. The van der Waals surface area contributed by atoms with Crippen molar-refractivity contribution in [2.45, 2.75) is 44.4 Å². The Morgan fingerprint density at radius 3 is 2.19 bits per heavy atom. The number of fused-ring (bicyclic) bond motifs is 1. The number of nitrogens with zero attached hydrogens (tertiary/aromatic N) is 7. The normalized spacial score (nSPS) is 12.0. The summed E-state index contributed by atoms with van der Waals surface area (Å²) in [6.45, 7) is 6.71. The van der Waals surface area contributed by atoms with Gasteiger partial charge in [-0.2, -0.15) is 5.10 Å². The molecule has 0 radical (unpaired) electrons. The van der Waals surface area contributed by atoms with Gasteiger partial charge in [0.15, 0.2) is 5.65 Å². The third kappa shape index (κ3) is 7.98. The van der Waals surface area contributed by atoms with Gasteiger partial charge in [0.05, 0.1) is 22.1 Å². The van der Waals surface area contributed by atoms with Crippen molar-refractivity contribution in [2.75, 3.05) is 27.7 Å². The molecule has 0 aliphatic heterocycles. The first kappa shape index (κ1) is 36.9. The summed E-state index contributed by atoms with van der Waals surface area (Å²) in [5.41, 5.74) is 4.13. The van der Waals surface area contributed by atoms with Crippen molar-refractivity contribution in [1.82, 2.24) is 28.5 Å². The van der Waals surface area contributed by atoms with Crippen LogP contribution in [-0.4, -0.2) is 81.3 Å². The fourth-order valence-corrected chi connectivity index (χ4v) is 7.47. The van der Waals surface area contributed by atoms with Crippen LogP contribution < -0.4 is 0 Å². The lowest BCUT2D eigenvalue weighted by molar-refractivity contribution is -0.384. The molecule has 0 bridgehead atoms. The Morgan fingerprint density at radius 1 is 0.906 bits per heavy atom. The minimum Gasteiger partial charge on any atom is -0.444 e. The molecule has 1 amide bonds. The number of benzene rings is 3.